The third-order valence-electron chi connectivity index (χ3n) is 3.06. The van der Waals surface area contributed by atoms with E-state index in [-0.39, 0.29) is 15.5 Å². The molecule has 0 aromatic heterocycles. The average Bonchev–Trinajstić information content (AvgIpc) is 2.37. The van der Waals surface area contributed by atoms with Gasteiger partial charge in [0.1, 0.15) is 0 Å². The van der Waals surface area contributed by atoms with Crippen molar-refractivity contribution in [2.75, 3.05) is 5.32 Å². The summed E-state index contributed by atoms with van der Waals surface area (Å²) in [5.74, 6) is 0. The van der Waals surface area contributed by atoms with Crippen LogP contribution in [0.1, 0.15) is 5.56 Å². The number of alkyl halides is 3. The molecule has 0 amide bonds. The fourth-order valence-electron chi connectivity index (χ4n) is 2.18. The fraction of sp³-hybridized carbons (Fsp3) is 0.0769. The van der Waals surface area contributed by atoms with Crippen LogP contribution in [0.4, 0.5) is 24.5 Å². The molecule has 1 aliphatic rings. The van der Waals surface area contributed by atoms with E-state index in [1.807, 2.05) is 0 Å². The van der Waals surface area contributed by atoms with Gasteiger partial charge in [-0.25, -0.2) is 8.42 Å². The molecule has 0 bridgehead atoms. The minimum atomic E-state index is -4.62. The van der Waals surface area contributed by atoms with E-state index in [1.165, 1.54) is 24.3 Å². The molecule has 7 heteroatoms. The standard InChI is InChI=1S/C13H8F3NO2S/c14-13(15,16)8-4-3-7-11-12(8)17-9-5-1-2-6-10(9)20(11,18)19/h1-7,17H. The van der Waals surface area contributed by atoms with Crippen LogP contribution in [0.15, 0.2) is 52.3 Å². The van der Waals surface area contributed by atoms with Crippen LogP contribution < -0.4 is 5.32 Å². The van der Waals surface area contributed by atoms with E-state index in [9.17, 15) is 21.6 Å². The molecule has 1 aliphatic heterocycles. The van der Waals surface area contributed by atoms with E-state index in [4.69, 9.17) is 0 Å². The number of anilines is 2. The van der Waals surface area contributed by atoms with Crippen LogP contribution in [0.25, 0.3) is 0 Å². The minimum Gasteiger partial charge on any atom is -0.353 e. The van der Waals surface area contributed by atoms with Crippen molar-refractivity contribution in [3.8, 4) is 0 Å². The van der Waals surface area contributed by atoms with E-state index in [0.717, 1.165) is 12.1 Å². The predicted octanol–water partition coefficient (Wildman–Crippen LogP) is 3.60. The SMILES string of the molecule is O=S1(=O)c2ccccc2Nc2c(C(F)(F)F)cccc21. The number of hydrogen-bond donors (Lipinski definition) is 1. The molecule has 0 saturated heterocycles. The van der Waals surface area contributed by atoms with Crippen molar-refractivity contribution in [3.63, 3.8) is 0 Å². The molecular weight excluding hydrogens is 291 g/mol. The Hall–Kier alpha value is -2.02. The first-order valence-electron chi connectivity index (χ1n) is 5.63. The Labute approximate surface area is 113 Å². The first-order chi connectivity index (χ1) is 9.32. The molecule has 2 aromatic rings. The highest BCUT2D eigenvalue weighted by molar-refractivity contribution is 7.92. The zero-order valence-corrected chi connectivity index (χ0v) is 10.7. The van der Waals surface area contributed by atoms with Crippen molar-refractivity contribution in [2.24, 2.45) is 0 Å². The Bertz CT molecular complexity index is 798. The molecule has 2 aromatic carbocycles. The van der Waals surface area contributed by atoms with Crippen LogP contribution in [0.5, 0.6) is 0 Å². The number of halogens is 3. The topological polar surface area (TPSA) is 46.2 Å². The minimum absolute atomic E-state index is 0.0215. The normalized spacial score (nSPS) is 15.9. The van der Waals surface area contributed by atoms with E-state index in [1.54, 1.807) is 6.07 Å². The van der Waals surface area contributed by atoms with Crippen molar-refractivity contribution in [3.05, 3.63) is 48.0 Å². The Morgan fingerprint density at radius 1 is 0.900 bits per heavy atom. The maximum absolute atomic E-state index is 13.0. The smallest absolute Gasteiger partial charge is 0.353 e. The molecule has 0 spiro atoms. The van der Waals surface area contributed by atoms with Crippen molar-refractivity contribution < 1.29 is 21.6 Å². The number of rotatable bonds is 0. The van der Waals surface area contributed by atoms with Gasteiger partial charge in [-0.15, -0.1) is 0 Å². The molecule has 0 aliphatic carbocycles. The predicted molar refractivity (Wildman–Crippen MR) is 66.6 cm³/mol. The second-order valence-electron chi connectivity index (χ2n) is 4.30. The lowest BCUT2D eigenvalue weighted by Crippen LogP contribution is -2.18. The maximum Gasteiger partial charge on any atom is 0.418 e. The fourth-order valence-corrected chi connectivity index (χ4v) is 3.77. The summed E-state index contributed by atoms with van der Waals surface area (Å²) in [7, 11) is -3.95. The average molecular weight is 299 g/mol. The van der Waals surface area contributed by atoms with Gasteiger partial charge in [-0.2, -0.15) is 13.2 Å². The van der Waals surface area contributed by atoms with Crippen molar-refractivity contribution in [1.82, 2.24) is 0 Å². The quantitative estimate of drug-likeness (QED) is 0.690. The van der Waals surface area contributed by atoms with Crippen molar-refractivity contribution in [2.45, 2.75) is 16.0 Å². The summed E-state index contributed by atoms with van der Waals surface area (Å²) in [6.45, 7) is 0. The molecule has 1 N–H and O–H groups in total. The lowest BCUT2D eigenvalue weighted by atomic mass is 10.1. The van der Waals surface area contributed by atoms with Gasteiger partial charge < -0.3 is 5.32 Å². The van der Waals surface area contributed by atoms with Crippen LogP contribution in [0.3, 0.4) is 0 Å². The zero-order chi connectivity index (χ0) is 14.5. The first-order valence-corrected chi connectivity index (χ1v) is 7.11. The highest BCUT2D eigenvalue weighted by atomic mass is 32.2. The number of hydrogen-bond acceptors (Lipinski definition) is 3. The van der Waals surface area contributed by atoms with Gasteiger partial charge in [0, 0.05) is 0 Å². The molecule has 3 nitrogen and oxygen atoms in total. The number of sulfone groups is 1. The van der Waals surface area contributed by atoms with Crippen LogP contribution in [0.2, 0.25) is 0 Å². The van der Waals surface area contributed by atoms with Gasteiger partial charge in [0.05, 0.1) is 26.7 Å². The van der Waals surface area contributed by atoms with Crippen LogP contribution >= 0.6 is 0 Å². The van der Waals surface area contributed by atoms with E-state index < -0.39 is 27.3 Å². The van der Waals surface area contributed by atoms with Gasteiger partial charge in [0.25, 0.3) is 0 Å². The van der Waals surface area contributed by atoms with Gasteiger partial charge in [0.15, 0.2) is 0 Å². The molecule has 0 atom stereocenters. The molecule has 0 radical (unpaired) electrons. The third kappa shape index (κ3) is 1.77. The second-order valence-corrected chi connectivity index (χ2v) is 6.19. The monoisotopic (exact) mass is 299 g/mol. The van der Waals surface area contributed by atoms with Gasteiger partial charge >= 0.3 is 6.18 Å². The lowest BCUT2D eigenvalue weighted by molar-refractivity contribution is -0.137. The van der Waals surface area contributed by atoms with E-state index in [0.29, 0.717) is 0 Å². The first kappa shape index (κ1) is 13.0. The summed E-state index contributed by atoms with van der Waals surface area (Å²) < 4.78 is 63.6. The second kappa shape index (κ2) is 3.99. The Kier molecular flexibility index (Phi) is 2.59. The van der Waals surface area contributed by atoms with E-state index in [2.05, 4.69) is 5.32 Å². The Balaban J connectivity index is 2.35. The van der Waals surface area contributed by atoms with Gasteiger partial charge in [-0.1, -0.05) is 18.2 Å². The Morgan fingerprint density at radius 3 is 2.25 bits per heavy atom. The summed E-state index contributed by atoms with van der Waals surface area (Å²) in [4.78, 5) is -0.377. The third-order valence-corrected chi connectivity index (χ3v) is 4.91. The molecule has 0 saturated carbocycles. The summed E-state index contributed by atoms with van der Waals surface area (Å²) in [6.07, 6.45) is -4.62. The van der Waals surface area contributed by atoms with Crippen LogP contribution in [0, 0.1) is 0 Å². The molecule has 20 heavy (non-hydrogen) atoms. The molecule has 3 rings (SSSR count). The number of para-hydroxylation sites is 2. The molecule has 1 heterocycles. The number of nitrogens with one attached hydrogen (secondary N) is 1. The van der Waals surface area contributed by atoms with Gasteiger partial charge in [0.2, 0.25) is 9.84 Å². The number of fused-ring (bicyclic) bond motifs is 2. The number of benzene rings is 2. The summed E-state index contributed by atoms with van der Waals surface area (Å²) in [6, 6.07) is 9.00. The highest BCUT2D eigenvalue weighted by Gasteiger charge is 2.39. The zero-order valence-electron chi connectivity index (χ0n) is 9.90. The molecule has 0 unspecified atom stereocenters. The maximum atomic E-state index is 13.0. The highest BCUT2D eigenvalue weighted by Crippen LogP contribution is 2.45. The Morgan fingerprint density at radius 2 is 1.55 bits per heavy atom. The van der Waals surface area contributed by atoms with Crippen LogP contribution in [-0.2, 0) is 16.0 Å². The molecular formula is C13H8F3NO2S. The lowest BCUT2D eigenvalue weighted by Gasteiger charge is -2.24. The summed E-state index contributed by atoms with van der Waals surface area (Å²) >= 11 is 0. The summed E-state index contributed by atoms with van der Waals surface area (Å²) in [5.41, 5.74) is -1.26. The van der Waals surface area contributed by atoms with Crippen molar-refractivity contribution in [1.29, 1.82) is 0 Å². The van der Waals surface area contributed by atoms with E-state index >= 15 is 0 Å². The molecule has 0 fully saturated rings. The summed E-state index contributed by atoms with van der Waals surface area (Å²) in [5, 5.41) is 2.57. The molecule has 104 valence electrons. The largest absolute Gasteiger partial charge is 0.418 e. The van der Waals surface area contributed by atoms with Gasteiger partial charge in [-0.05, 0) is 24.3 Å². The van der Waals surface area contributed by atoms with Gasteiger partial charge in [-0.3, -0.25) is 0 Å². The van der Waals surface area contributed by atoms with Crippen molar-refractivity contribution >= 4 is 21.2 Å². The van der Waals surface area contributed by atoms with Crippen LogP contribution in [-0.4, -0.2) is 8.42 Å².